The first-order valence-corrected chi connectivity index (χ1v) is 9.60. The predicted octanol–water partition coefficient (Wildman–Crippen LogP) is 6.46. The van der Waals surface area contributed by atoms with Crippen LogP contribution in [0.3, 0.4) is 0 Å². The molecule has 1 aliphatic rings. The Morgan fingerprint density at radius 3 is 2.35 bits per heavy atom. The first-order chi connectivity index (χ1) is 12.3. The van der Waals surface area contributed by atoms with Crippen LogP contribution in [-0.4, -0.2) is 10.9 Å². The molecule has 0 unspecified atom stereocenters. The number of carbonyl (C=O) groups excluding carboxylic acids is 1. The van der Waals surface area contributed by atoms with E-state index in [4.69, 9.17) is 4.74 Å². The summed E-state index contributed by atoms with van der Waals surface area (Å²) in [7, 11) is 0. The zero-order valence-electron chi connectivity index (χ0n) is 15.3. The summed E-state index contributed by atoms with van der Waals surface area (Å²) in [5, 5.41) is 10.6. The maximum Gasteiger partial charge on any atom is 0.167 e. The highest BCUT2D eigenvalue weighted by Gasteiger charge is 2.34. The van der Waals surface area contributed by atoms with Crippen LogP contribution in [0.15, 0.2) is 52.7 Å². The van der Waals surface area contributed by atoms with E-state index in [1.54, 1.807) is 0 Å². The van der Waals surface area contributed by atoms with Gasteiger partial charge < -0.3 is 9.84 Å². The number of rotatable bonds is 4. The molecule has 0 saturated carbocycles. The molecule has 3 rings (SSSR count). The maximum absolute atomic E-state index is 12.7. The normalized spacial score (nSPS) is 16.7. The van der Waals surface area contributed by atoms with Gasteiger partial charge in [0, 0.05) is 17.3 Å². The molecule has 0 spiro atoms. The number of allylic oxidation sites excluding steroid dienone is 2. The van der Waals surface area contributed by atoms with Crippen molar-refractivity contribution >= 4 is 27.3 Å². The molecule has 0 aliphatic heterocycles. The van der Waals surface area contributed by atoms with Crippen molar-refractivity contribution in [2.45, 2.75) is 40.0 Å². The van der Waals surface area contributed by atoms with Gasteiger partial charge in [0.15, 0.2) is 5.78 Å². The molecule has 136 valence electrons. The molecule has 4 heteroatoms. The third-order valence-corrected chi connectivity index (χ3v) is 5.16. The molecule has 0 saturated heterocycles. The molecule has 0 fully saturated rings. The molecule has 0 atom stereocenters. The molecule has 26 heavy (non-hydrogen) atoms. The second-order valence-corrected chi connectivity index (χ2v) is 8.41. The minimum Gasteiger partial charge on any atom is -0.512 e. The first-order valence-electron chi connectivity index (χ1n) is 8.81. The van der Waals surface area contributed by atoms with Crippen LogP contribution in [0.1, 0.15) is 44.7 Å². The summed E-state index contributed by atoms with van der Waals surface area (Å²) in [5.41, 5.74) is 2.05. The molecular weight excluding hydrogens is 392 g/mol. The monoisotopic (exact) mass is 414 g/mol. The van der Waals surface area contributed by atoms with Gasteiger partial charge in [-0.05, 0) is 59.4 Å². The number of carbonyl (C=O) groups is 1. The molecule has 0 radical (unpaired) electrons. The van der Waals surface area contributed by atoms with Crippen molar-refractivity contribution in [3.8, 4) is 11.5 Å². The molecule has 2 aromatic rings. The standard InChI is InChI=1S/C22H23BrO3/c1-4-14-5-8-17(26-16-9-6-15(23)7-10-16)11-18(14)21-19(24)12-22(2,3)13-20(21)25/h5-11,24H,4,12-13H2,1-3H3. The van der Waals surface area contributed by atoms with Gasteiger partial charge in [0.25, 0.3) is 0 Å². The lowest BCUT2D eigenvalue weighted by atomic mass is 9.74. The van der Waals surface area contributed by atoms with E-state index >= 15 is 0 Å². The lowest BCUT2D eigenvalue weighted by Gasteiger charge is -2.30. The topological polar surface area (TPSA) is 46.5 Å². The molecule has 0 heterocycles. The van der Waals surface area contributed by atoms with Gasteiger partial charge in [-0.2, -0.15) is 0 Å². The molecule has 0 aromatic heterocycles. The Morgan fingerprint density at radius 2 is 1.73 bits per heavy atom. The van der Waals surface area contributed by atoms with Gasteiger partial charge in [0.2, 0.25) is 0 Å². The Kier molecular flexibility index (Phi) is 5.24. The fraction of sp³-hybridized carbons (Fsp3) is 0.318. The number of aliphatic hydroxyl groups is 1. The van der Waals surface area contributed by atoms with Crippen molar-refractivity contribution in [1.29, 1.82) is 0 Å². The van der Waals surface area contributed by atoms with Crippen LogP contribution >= 0.6 is 15.9 Å². The number of Topliss-reactive ketones (excluding diaryl/α,β-unsaturated/α-hetero) is 1. The SMILES string of the molecule is CCc1ccc(Oc2ccc(Br)cc2)cc1C1=C(O)CC(C)(C)CC1=O. The zero-order chi connectivity index (χ0) is 18.9. The van der Waals surface area contributed by atoms with Gasteiger partial charge in [-0.3, -0.25) is 4.79 Å². The van der Waals surface area contributed by atoms with Crippen LogP contribution < -0.4 is 4.74 Å². The summed E-state index contributed by atoms with van der Waals surface area (Å²) in [4.78, 5) is 12.7. The number of hydrogen-bond acceptors (Lipinski definition) is 3. The largest absolute Gasteiger partial charge is 0.512 e. The minimum atomic E-state index is -0.206. The fourth-order valence-electron chi connectivity index (χ4n) is 3.39. The number of benzene rings is 2. The van der Waals surface area contributed by atoms with Crippen LogP contribution in [0.4, 0.5) is 0 Å². The molecule has 0 bridgehead atoms. The number of aryl methyl sites for hydroxylation is 1. The van der Waals surface area contributed by atoms with E-state index in [-0.39, 0.29) is 17.0 Å². The lowest BCUT2D eigenvalue weighted by Crippen LogP contribution is -2.25. The summed E-state index contributed by atoms with van der Waals surface area (Å²) < 4.78 is 6.92. The van der Waals surface area contributed by atoms with E-state index in [1.807, 2.05) is 63.2 Å². The Balaban J connectivity index is 2.01. The summed E-state index contributed by atoms with van der Waals surface area (Å²) in [5.74, 6) is 1.55. The average Bonchev–Trinajstić information content (AvgIpc) is 2.55. The van der Waals surface area contributed by atoms with E-state index in [0.717, 1.165) is 27.8 Å². The molecule has 3 nitrogen and oxygen atoms in total. The molecule has 1 aliphatic carbocycles. The Labute approximate surface area is 162 Å². The second kappa shape index (κ2) is 7.28. The van der Waals surface area contributed by atoms with Crippen molar-refractivity contribution in [2.24, 2.45) is 5.41 Å². The second-order valence-electron chi connectivity index (χ2n) is 7.49. The summed E-state index contributed by atoms with van der Waals surface area (Å²) in [6.45, 7) is 6.06. The highest BCUT2D eigenvalue weighted by atomic mass is 79.9. The van der Waals surface area contributed by atoms with Crippen molar-refractivity contribution in [3.05, 3.63) is 63.8 Å². The molecule has 1 N–H and O–H groups in total. The fourth-order valence-corrected chi connectivity index (χ4v) is 3.66. The number of halogens is 1. The quantitative estimate of drug-likeness (QED) is 0.623. The average molecular weight is 415 g/mol. The van der Waals surface area contributed by atoms with E-state index in [0.29, 0.717) is 24.2 Å². The summed E-state index contributed by atoms with van der Waals surface area (Å²) in [6.07, 6.45) is 1.73. The third kappa shape index (κ3) is 4.01. The lowest BCUT2D eigenvalue weighted by molar-refractivity contribution is -0.116. The van der Waals surface area contributed by atoms with Crippen molar-refractivity contribution < 1.29 is 14.6 Å². The van der Waals surface area contributed by atoms with Gasteiger partial charge in [0.1, 0.15) is 17.3 Å². The number of aliphatic hydroxyl groups excluding tert-OH is 1. The molecule has 2 aromatic carbocycles. The van der Waals surface area contributed by atoms with E-state index in [2.05, 4.69) is 15.9 Å². The van der Waals surface area contributed by atoms with Crippen LogP contribution in [-0.2, 0) is 11.2 Å². The smallest absolute Gasteiger partial charge is 0.167 e. The number of hydrogen-bond donors (Lipinski definition) is 1. The number of ether oxygens (including phenoxy) is 1. The summed E-state index contributed by atoms with van der Waals surface area (Å²) in [6, 6.07) is 13.3. The molecule has 0 amide bonds. The van der Waals surface area contributed by atoms with Crippen LogP contribution in [0.25, 0.3) is 5.57 Å². The summed E-state index contributed by atoms with van der Waals surface area (Å²) >= 11 is 3.41. The highest BCUT2D eigenvalue weighted by molar-refractivity contribution is 9.10. The van der Waals surface area contributed by atoms with Crippen LogP contribution in [0.5, 0.6) is 11.5 Å². The Morgan fingerprint density at radius 1 is 1.08 bits per heavy atom. The van der Waals surface area contributed by atoms with Gasteiger partial charge >= 0.3 is 0 Å². The Bertz CT molecular complexity index is 863. The highest BCUT2D eigenvalue weighted by Crippen LogP contribution is 2.41. The molecular formula is C22H23BrO3. The van der Waals surface area contributed by atoms with Gasteiger partial charge in [-0.1, -0.05) is 42.8 Å². The van der Waals surface area contributed by atoms with E-state index < -0.39 is 0 Å². The minimum absolute atomic E-state index is 0.00533. The third-order valence-electron chi connectivity index (χ3n) is 4.63. The number of ketones is 1. The van der Waals surface area contributed by atoms with Crippen molar-refractivity contribution in [1.82, 2.24) is 0 Å². The van der Waals surface area contributed by atoms with Gasteiger partial charge in [-0.25, -0.2) is 0 Å². The first kappa shape index (κ1) is 18.7. The predicted molar refractivity (Wildman–Crippen MR) is 108 cm³/mol. The zero-order valence-corrected chi connectivity index (χ0v) is 16.9. The Hall–Kier alpha value is -2.07. The van der Waals surface area contributed by atoms with Crippen molar-refractivity contribution in [2.75, 3.05) is 0 Å². The van der Waals surface area contributed by atoms with Gasteiger partial charge in [0.05, 0.1) is 5.57 Å². The van der Waals surface area contributed by atoms with Crippen LogP contribution in [0, 0.1) is 5.41 Å². The van der Waals surface area contributed by atoms with Crippen molar-refractivity contribution in [3.63, 3.8) is 0 Å². The van der Waals surface area contributed by atoms with Gasteiger partial charge in [-0.15, -0.1) is 0 Å². The maximum atomic E-state index is 12.7. The van der Waals surface area contributed by atoms with E-state index in [1.165, 1.54) is 0 Å². The van der Waals surface area contributed by atoms with Crippen LogP contribution in [0.2, 0.25) is 0 Å². The van der Waals surface area contributed by atoms with E-state index in [9.17, 15) is 9.90 Å².